The van der Waals surface area contributed by atoms with Crippen molar-refractivity contribution in [2.24, 2.45) is 0 Å². The summed E-state index contributed by atoms with van der Waals surface area (Å²) in [4.78, 5) is 20.0. The first-order valence-corrected chi connectivity index (χ1v) is 12.8. The van der Waals surface area contributed by atoms with Crippen LogP contribution in [0.5, 0.6) is 0 Å². The highest BCUT2D eigenvalue weighted by Crippen LogP contribution is 2.30. The summed E-state index contributed by atoms with van der Waals surface area (Å²) in [5, 5.41) is 5.25. The Labute approximate surface area is 215 Å². The lowest BCUT2D eigenvalue weighted by molar-refractivity contribution is -0.115. The summed E-state index contributed by atoms with van der Waals surface area (Å²) in [6, 6.07) is 23.4. The molecule has 1 aliphatic heterocycles. The molecule has 35 heavy (non-hydrogen) atoms. The fourth-order valence-corrected chi connectivity index (χ4v) is 5.11. The Morgan fingerprint density at radius 1 is 0.886 bits per heavy atom. The number of aromatic nitrogens is 1. The highest BCUT2D eigenvalue weighted by atomic mass is 35.5. The zero-order valence-electron chi connectivity index (χ0n) is 19.4. The molecule has 0 radical (unpaired) electrons. The molecule has 0 spiro atoms. The molecule has 1 aliphatic rings. The van der Waals surface area contributed by atoms with Gasteiger partial charge in [0.25, 0.3) is 0 Å². The molecule has 0 atom stereocenters. The van der Waals surface area contributed by atoms with Gasteiger partial charge in [0, 0.05) is 33.2 Å². The van der Waals surface area contributed by atoms with Crippen LogP contribution in [0.2, 0.25) is 10.0 Å². The number of halogens is 2. The number of pyridine rings is 1. The standard InChI is InChI=1S/C29H27Cl2N3O/c30-23-9-12-26(27(31)18-23)21-6-4-20(5-7-21)16-29(35)33-24-11-13-28-22(17-24)8-10-25(32-28)19-34-14-2-1-3-15-34/h4-13,17-18H,1-3,14-16,19H2,(H,33,35). The molecule has 0 bridgehead atoms. The van der Waals surface area contributed by atoms with Crippen molar-refractivity contribution in [1.29, 1.82) is 0 Å². The minimum absolute atomic E-state index is 0.0590. The van der Waals surface area contributed by atoms with Crippen molar-refractivity contribution in [2.75, 3.05) is 18.4 Å². The van der Waals surface area contributed by atoms with Crippen molar-refractivity contribution < 1.29 is 4.79 Å². The van der Waals surface area contributed by atoms with E-state index in [2.05, 4.69) is 22.3 Å². The van der Waals surface area contributed by atoms with Crippen molar-refractivity contribution in [3.05, 3.63) is 94.1 Å². The number of carbonyl (C=O) groups is 1. The Kier molecular flexibility index (Phi) is 7.33. The van der Waals surface area contributed by atoms with Gasteiger partial charge in [-0.2, -0.15) is 0 Å². The van der Waals surface area contributed by atoms with E-state index in [0.29, 0.717) is 16.5 Å². The molecule has 5 rings (SSSR count). The largest absolute Gasteiger partial charge is 0.326 e. The van der Waals surface area contributed by atoms with Gasteiger partial charge in [0.1, 0.15) is 0 Å². The summed E-state index contributed by atoms with van der Waals surface area (Å²) in [7, 11) is 0. The molecule has 2 heterocycles. The zero-order chi connectivity index (χ0) is 24.2. The van der Waals surface area contributed by atoms with Crippen LogP contribution in [0.3, 0.4) is 0 Å². The number of nitrogens with one attached hydrogen (secondary N) is 1. The molecule has 1 fully saturated rings. The fourth-order valence-electron chi connectivity index (χ4n) is 4.60. The molecular formula is C29H27Cl2N3O. The number of hydrogen-bond donors (Lipinski definition) is 1. The van der Waals surface area contributed by atoms with Crippen LogP contribution >= 0.6 is 23.2 Å². The van der Waals surface area contributed by atoms with Gasteiger partial charge in [-0.15, -0.1) is 0 Å². The molecule has 178 valence electrons. The van der Waals surface area contributed by atoms with Crippen molar-refractivity contribution in [2.45, 2.75) is 32.2 Å². The minimum atomic E-state index is -0.0590. The third-order valence-corrected chi connectivity index (χ3v) is 6.97. The van der Waals surface area contributed by atoms with Crippen LogP contribution in [0.4, 0.5) is 5.69 Å². The van der Waals surface area contributed by atoms with E-state index in [4.69, 9.17) is 28.2 Å². The van der Waals surface area contributed by atoms with E-state index in [9.17, 15) is 4.79 Å². The van der Waals surface area contributed by atoms with Crippen LogP contribution in [-0.2, 0) is 17.8 Å². The van der Waals surface area contributed by atoms with Gasteiger partial charge in [-0.1, -0.05) is 66.0 Å². The predicted molar refractivity (Wildman–Crippen MR) is 145 cm³/mol. The van der Waals surface area contributed by atoms with Crippen molar-refractivity contribution in [1.82, 2.24) is 9.88 Å². The van der Waals surface area contributed by atoms with Gasteiger partial charge in [0.2, 0.25) is 5.91 Å². The van der Waals surface area contributed by atoms with Crippen LogP contribution in [0.1, 0.15) is 30.5 Å². The number of likely N-dealkylation sites (tertiary alicyclic amines) is 1. The summed E-state index contributed by atoms with van der Waals surface area (Å²) in [6.45, 7) is 3.21. The molecule has 4 aromatic rings. The fraction of sp³-hybridized carbons (Fsp3) is 0.241. The van der Waals surface area contributed by atoms with E-state index in [1.165, 1.54) is 19.3 Å². The van der Waals surface area contributed by atoms with E-state index in [-0.39, 0.29) is 5.91 Å². The third-order valence-electron chi connectivity index (χ3n) is 6.43. The second-order valence-corrected chi connectivity index (χ2v) is 9.94. The Bertz CT molecular complexity index is 1350. The van der Waals surface area contributed by atoms with Gasteiger partial charge in [-0.3, -0.25) is 14.7 Å². The average molecular weight is 504 g/mol. The maximum absolute atomic E-state index is 12.7. The maximum atomic E-state index is 12.7. The lowest BCUT2D eigenvalue weighted by Crippen LogP contribution is -2.29. The van der Waals surface area contributed by atoms with Crippen LogP contribution in [0, 0.1) is 0 Å². The number of benzene rings is 3. The second kappa shape index (κ2) is 10.8. The number of nitrogens with zero attached hydrogens (tertiary/aromatic N) is 2. The molecular weight excluding hydrogens is 477 g/mol. The van der Waals surface area contributed by atoms with Gasteiger partial charge in [0.05, 0.1) is 17.6 Å². The molecule has 0 unspecified atom stereocenters. The molecule has 1 N–H and O–H groups in total. The van der Waals surface area contributed by atoms with Gasteiger partial charge in [-0.25, -0.2) is 0 Å². The lowest BCUT2D eigenvalue weighted by atomic mass is 10.0. The minimum Gasteiger partial charge on any atom is -0.326 e. The van der Waals surface area contributed by atoms with Crippen LogP contribution in [0.25, 0.3) is 22.0 Å². The number of carbonyl (C=O) groups excluding carboxylic acids is 1. The summed E-state index contributed by atoms with van der Waals surface area (Å²) in [5.41, 5.74) is 5.65. The summed E-state index contributed by atoms with van der Waals surface area (Å²) in [5.74, 6) is -0.0590. The molecule has 3 aromatic carbocycles. The molecule has 1 aromatic heterocycles. The zero-order valence-corrected chi connectivity index (χ0v) is 20.9. The maximum Gasteiger partial charge on any atom is 0.228 e. The molecule has 4 nitrogen and oxygen atoms in total. The molecule has 1 saturated heterocycles. The number of amides is 1. The van der Waals surface area contributed by atoms with E-state index in [1.54, 1.807) is 6.07 Å². The van der Waals surface area contributed by atoms with Crippen LogP contribution in [-0.4, -0.2) is 28.9 Å². The first kappa shape index (κ1) is 23.8. The van der Waals surface area contributed by atoms with E-state index in [1.807, 2.05) is 54.6 Å². The smallest absolute Gasteiger partial charge is 0.228 e. The molecule has 0 aliphatic carbocycles. The Hall–Kier alpha value is -2.92. The first-order chi connectivity index (χ1) is 17.0. The van der Waals surface area contributed by atoms with Gasteiger partial charge in [-0.05, 0) is 73.5 Å². The lowest BCUT2D eigenvalue weighted by Gasteiger charge is -2.26. The van der Waals surface area contributed by atoms with E-state index < -0.39 is 0 Å². The van der Waals surface area contributed by atoms with E-state index >= 15 is 0 Å². The van der Waals surface area contributed by atoms with Crippen molar-refractivity contribution in [3.8, 4) is 11.1 Å². The number of piperidine rings is 1. The summed E-state index contributed by atoms with van der Waals surface area (Å²) >= 11 is 12.3. The van der Waals surface area contributed by atoms with Gasteiger partial charge >= 0.3 is 0 Å². The Morgan fingerprint density at radius 3 is 2.46 bits per heavy atom. The normalized spacial score (nSPS) is 14.2. The van der Waals surface area contributed by atoms with Gasteiger partial charge < -0.3 is 5.32 Å². The highest BCUT2D eigenvalue weighted by Gasteiger charge is 2.12. The number of fused-ring (bicyclic) bond motifs is 1. The highest BCUT2D eigenvalue weighted by molar-refractivity contribution is 6.36. The molecule has 0 saturated carbocycles. The molecule has 6 heteroatoms. The van der Waals surface area contributed by atoms with Crippen LogP contribution in [0.15, 0.2) is 72.8 Å². The number of hydrogen-bond acceptors (Lipinski definition) is 3. The van der Waals surface area contributed by atoms with E-state index in [0.717, 1.165) is 58.6 Å². The average Bonchev–Trinajstić information content (AvgIpc) is 2.85. The third kappa shape index (κ3) is 6.02. The number of anilines is 1. The topological polar surface area (TPSA) is 45.2 Å². The van der Waals surface area contributed by atoms with Crippen molar-refractivity contribution in [3.63, 3.8) is 0 Å². The first-order valence-electron chi connectivity index (χ1n) is 12.0. The quantitative estimate of drug-likeness (QED) is 0.298. The van der Waals surface area contributed by atoms with Crippen LogP contribution < -0.4 is 5.32 Å². The molecule has 1 amide bonds. The monoisotopic (exact) mass is 503 g/mol. The Balaban J connectivity index is 1.21. The SMILES string of the molecule is O=C(Cc1ccc(-c2ccc(Cl)cc2Cl)cc1)Nc1ccc2nc(CN3CCCCC3)ccc2c1. The van der Waals surface area contributed by atoms with Crippen molar-refractivity contribution >= 4 is 45.7 Å². The predicted octanol–water partition coefficient (Wildman–Crippen LogP) is 7.38. The Morgan fingerprint density at radius 2 is 1.69 bits per heavy atom. The summed E-state index contributed by atoms with van der Waals surface area (Å²) in [6.07, 6.45) is 4.17. The number of rotatable bonds is 6. The van der Waals surface area contributed by atoms with Gasteiger partial charge in [0.15, 0.2) is 0 Å². The summed E-state index contributed by atoms with van der Waals surface area (Å²) < 4.78 is 0. The second-order valence-electron chi connectivity index (χ2n) is 9.09.